The van der Waals surface area contributed by atoms with E-state index in [2.05, 4.69) is 10.6 Å². The van der Waals surface area contributed by atoms with E-state index in [1.807, 2.05) is 13.8 Å². The fraction of sp³-hybridized carbons (Fsp3) is 0.529. The van der Waals surface area contributed by atoms with Crippen LogP contribution in [0.4, 0.5) is 5.69 Å². The lowest BCUT2D eigenvalue weighted by Gasteiger charge is -2.18. The Balaban J connectivity index is 2.07. The first-order valence-electron chi connectivity index (χ1n) is 7.96. The number of carbonyl (C=O) groups is 2. The lowest BCUT2D eigenvalue weighted by molar-refractivity contribution is -0.120. The van der Waals surface area contributed by atoms with Crippen LogP contribution < -0.4 is 16.4 Å². The minimum atomic E-state index is -0.0949. The van der Waals surface area contributed by atoms with Gasteiger partial charge in [0.15, 0.2) is 0 Å². The Morgan fingerprint density at radius 3 is 2.73 bits per heavy atom. The third-order valence-electron chi connectivity index (χ3n) is 4.38. The molecule has 1 aromatic rings. The fourth-order valence-electron chi connectivity index (χ4n) is 3.10. The van der Waals surface area contributed by atoms with Crippen molar-refractivity contribution in [1.29, 1.82) is 0 Å². The molecule has 0 spiro atoms. The normalized spacial score (nSPS) is 20.7. The highest BCUT2D eigenvalue weighted by Crippen LogP contribution is 2.32. The number of rotatable bonds is 5. The molecule has 0 aromatic heterocycles. The Bertz CT molecular complexity index is 557. The number of amides is 2. The molecule has 0 heterocycles. The summed E-state index contributed by atoms with van der Waals surface area (Å²) in [6.07, 6.45) is 3.00. The van der Waals surface area contributed by atoms with Gasteiger partial charge in [-0.1, -0.05) is 6.42 Å². The Hall–Kier alpha value is -1.88. The molecule has 0 aliphatic heterocycles. The number of aryl methyl sites for hydroxylation is 1. The maximum Gasteiger partial charge on any atom is 0.251 e. The maximum atomic E-state index is 12.4. The smallest absolute Gasteiger partial charge is 0.251 e. The molecule has 5 heteroatoms. The third kappa shape index (κ3) is 3.65. The number of hydrogen-bond donors (Lipinski definition) is 3. The molecule has 2 amide bonds. The van der Waals surface area contributed by atoms with Gasteiger partial charge in [-0.3, -0.25) is 9.59 Å². The minimum absolute atomic E-state index is 0.00691. The molecule has 22 heavy (non-hydrogen) atoms. The Kier molecular flexibility index (Phi) is 5.55. The van der Waals surface area contributed by atoms with Gasteiger partial charge in [-0.2, -0.15) is 0 Å². The van der Waals surface area contributed by atoms with E-state index in [4.69, 9.17) is 5.73 Å². The van der Waals surface area contributed by atoms with Gasteiger partial charge in [-0.05, 0) is 62.9 Å². The molecular weight excluding hydrogens is 278 g/mol. The van der Waals surface area contributed by atoms with Crippen molar-refractivity contribution >= 4 is 17.5 Å². The van der Waals surface area contributed by atoms with Gasteiger partial charge in [-0.25, -0.2) is 0 Å². The molecule has 1 aromatic carbocycles. The summed E-state index contributed by atoms with van der Waals surface area (Å²) in [4.78, 5) is 24.2. The van der Waals surface area contributed by atoms with Gasteiger partial charge >= 0.3 is 0 Å². The highest BCUT2D eigenvalue weighted by molar-refractivity contribution is 5.97. The van der Waals surface area contributed by atoms with Crippen molar-refractivity contribution in [2.24, 2.45) is 17.6 Å². The van der Waals surface area contributed by atoms with Crippen LogP contribution in [0, 0.1) is 18.8 Å². The van der Waals surface area contributed by atoms with Crippen LogP contribution in [-0.4, -0.2) is 24.9 Å². The van der Waals surface area contributed by atoms with Crippen molar-refractivity contribution in [1.82, 2.24) is 5.32 Å². The summed E-state index contributed by atoms with van der Waals surface area (Å²) >= 11 is 0. The summed E-state index contributed by atoms with van der Waals surface area (Å²) in [7, 11) is 0. The Labute approximate surface area is 131 Å². The van der Waals surface area contributed by atoms with E-state index < -0.39 is 0 Å². The zero-order chi connectivity index (χ0) is 16.1. The second-order valence-electron chi connectivity index (χ2n) is 5.91. The molecule has 1 fully saturated rings. The molecule has 1 aliphatic rings. The van der Waals surface area contributed by atoms with E-state index in [9.17, 15) is 9.59 Å². The molecule has 0 radical (unpaired) electrons. The van der Waals surface area contributed by atoms with Gasteiger partial charge in [0.25, 0.3) is 5.91 Å². The predicted molar refractivity (Wildman–Crippen MR) is 87.7 cm³/mol. The van der Waals surface area contributed by atoms with Gasteiger partial charge < -0.3 is 16.4 Å². The van der Waals surface area contributed by atoms with Crippen LogP contribution in [0.25, 0.3) is 0 Å². The summed E-state index contributed by atoms with van der Waals surface area (Å²) in [5.41, 5.74) is 8.00. The first kappa shape index (κ1) is 16.5. The molecular formula is C17H25N3O2. The van der Waals surface area contributed by atoms with Crippen LogP contribution in [0.2, 0.25) is 0 Å². The lowest BCUT2D eigenvalue weighted by atomic mass is 9.95. The molecule has 2 atom stereocenters. The summed E-state index contributed by atoms with van der Waals surface area (Å²) in [5.74, 6) is 0.242. The average molecular weight is 303 g/mol. The van der Waals surface area contributed by atoms with Gasteiger partial charge in [0.05, 0.1) is 0 Å². The molecule has 1 saturated carbocycles. The monoisotopic (exact) mass is 303 g/mol. The maximum absolute atomic E-state index is 12.4. The van der Waals surface area contributed by atoms with Gasteiger partial charge in [0, 0.05) is 23.7 Å². The number of anilines is 1. The van der Waals surface area contributed by atoms with E-state index in [-0.39, 0.29) is 23.7 Å². The number of carbonyl (C=O) groups excluding carboxylic acids is 2. The average Bonchev–Trinajstić information content (AvgIpc) is 2.98. The number of nitrogens with one attached hydrogen (secondary N) is 2. The Morgan fingerprint density at radius 2 is 2.09 bits per heavy atom. The van der Waals surface area contributed by atoms with E-state index in [1.54, 1.807) is 18.2 Å². The summed E-state index contributed by atoms with van der Waals surface area (Å²) in [5, 5.41) is 5.76. The van der Waals surface area contributed by atoms with Gasteiger partial charge in [-0.15, -0.1) is 0 Å². The topological polar surface area (TPSA) is 84.2 Å². The fourth-order valence-corrected chi connectivity index (χ4v) is 3.10. The SMILES string of the molecule is CCNC(=O)c1ccc(NC(=O)[C@@H]2CCC[C@@H]2CN)c(C)c1. The van der Waals surface area contributed by atoms with Crippen molar-refractivity contribution in [3.05, 3.63) is 29.3 Å². The molecule has 120 valence electrons. The standard InChI is InChI=1S/C17H25N3O2/c1-3-19-16(21)12-7-8-15(11(2)9-12)20-17(22)14-6-4-5-13(14)10-18/h7-9,13-14H,3-6,10,18H2,1-2H3,(H,19,21)(H,20,22)/t13-,14-/m1/s1. The van der Waals surface area contributed by atoms with Crippen LogP contribution in [0.15, 0.2) is 18.2 Å². The number of benzene rings is 1. The largest absolute Gasteiger partial charge is 0.352 e. The van der Waals surface area contributed by atoms with Crippen LogP contribution in [0.1, 0.15) is 42.1 Å². The molecule has 5 nitrogen and oxygen atoms in total. The highest BCUT2D eigenvalue weighted by atomic mass is 16.2. The van der Waals surface area contributed by atoms with Crippen molar-refractivity contribution < 1.29 is 9.59 Å². The molecule has 0 saturated heterocycles. The molecule has 0 bridgehead atoms. The second kappa shape index (κ2) is 7.40. The van der Waals surface area contributed by atoms with Crippen LogP contribution in [0.5, 0.6) is 0 Å². The van der Waals surface area contributed by atoms with Crippen LogP contribution in [-0.2, 0) is 4.79 Å². The minimum Gasteiger partial charge on any atom is -0.352 e. The van der Waals surface area contributed by atoms with E-state index in [1.165, 1.54) is 0 Å². The van der Waals surface area contributed by atoms with Gasteiger partial charge in [0.1, 0.15) is 0 Å². The van der Waals surface area contributed by atoms with Crippen molar-refractivity contribution in [2.75, 3.05) is 18.4 Å². The molecule has 0 unspecified atom stereocenters. The second-order valence-corrected chi connectivity index (χ2v) is 5.91. The zero-order valence-corrected chi connectivity index (χ0v) is 13.3. The molecule has 1 aliphatic carbocycles. The number of nitrogens with two attached hydrogens (primary N) is 1. The number of hydrogen-bond acceptors (Lipinski definition) is 3. The van der Waals surface area contributed by atoms with Crippen LogP contribution >= 0.6 is 0 Å². The summed E-state index contributed by atoms with van der Waals surface area (Å²) in [6.45, 7) is 4.94. The molecule has 4 N–H and O–H groups in total. The van der Waals surface area contributed by atoms with E-state index >= 15 is 0 Å². The lowest BCUT2D eigenvalue weighted by Crippen LogP contribution is -2.30. The molecule has 2 rings (SSSR count). The Morgan fingerprint density at radius 1 is 1.32 bits per heavy atom. The zero-order valence-electron chi connectivity index (χ0n) is 13.3. The van der Waals surface area contributed by atoms with Crippen molar-refractivity contribution in [2.45, 2.75) is 33.1 Å². The highest BCUT2D eigenvalue weighted by Gasteiger charge is 2.32. The first-order chi connectivity index (χ1) is 10.6. The van der Waals surface area contributed by atoms with E-state index in [0.29, 0.717) is 18.7 Å². The summed E-state index contributed by atoms with van der Waals surface area (Å²) < 4.78 is 0. The van der Waals surface area contributed by atoms with Crippen LogP contribution in [0.3, 0.4) is 0 Å². The quantitative estimate of drug-likeness (QED) is 0.778. The summed E-state index contributed by atoms with van der Waals surface area (Å²) in [6, 6.07) is 5.34. The predicted octanol–water partition coefficient (Wildman–Crippen LogP) is 2.06. The first-order valence-corrected chi connectivity index (χ1v) is 7.96. The van der Waals surface area contributed by atoms with Gasteiger partial charge in [0.2, 0.25) is 5.91 Å². The third-order valence-corrected chi connectivity index (χ3v) is 4.38. The van der Waals surface area contributed by atoms with E-state index in [0.717, 1.165) is 30.5 Å². The van der Waals surface area contributed by atoms with Crippen molar-refractivity contribution in [3.8, 4) is 0 Å². The van der Waals surface area contributed by atoms with Crippen molar-refractivity contribution in [3.63, 3.8) is 0 Å².